The molecule has 0 aromatic carbocycles. The van der Waals surface area contributed by atoms with Gasteiger partial charge < -0.3 is 15.7 Å². The van der Waals surface area contributed by atoms with E-state index in [1.807, 2.05) is 13.8 Å². The van der Waals surface area contributed by atoms with Gasteiger partial charge in [0.05, 0.1) is 5.92 Å². The van der Waals surface area contributed by atoms with Crippen LogP contribution in [-0.2, 0) is 4.79 Å². The van der Waals surface area contributed by atoms with Crippen molar-refractivity contribution in [1.82, 2.24) is 10.6 Å². The average Bonchev–Trinajstić information content (AvgIpc) is 2.60. The molecule has 1 saturated carbocycles. The molecular weight excluding hydrogens is 244 g/mol. The highest BCUT2D eigenvalue weighted by molar-refractivity contribution is 5.76. The molecule has 5 heteroatoms. The van der Waals surface area contributed by atoms with Gasteiger partial charge >= 0.3 is 12.0 Å². The predicted octanol–water partition coefficient (Wildman–Crippen LogP) is 2.08. The molecule has 0 bridgehead atoms. The number of carboxylic acid groups (broad SMARTS) is 1. The fourth-order valence-corrected chi connectivity index (χ4v) is 2.60. The molecule has 0 aromatic heterocycles. The average molecular weight is 270 g/mol. The third-order valence-corrected chi connectivity index (χ3v) is 4.39. The van der Waals surface area contributed by atoms with Crippen molar-refractivity contribution in [2.24, 2.45) is 23.7 Å². The van der Waals surface area contributed by atoms with Gasteiger partial charge in [-0.3, -0.25) is 4.79 Å². The molecule has 1 rings (SSSR count). The Labute approximate surface area is 115 Å². The van der Waals surface area contributed by atoms with Gasteiger partial charge in [0.2, 0.25) is 0 Å². The Balaban J connectivity index is 2.37. The van der Waals surface area contributed by atoms with E-state index in [4.69, 9.17) is 5.11 Å². The number of carboxylic acids is 1. The Morgan fingerprint density at radius 3 is 2.32 bits per heavy atom. The zero-order chi connectivity index (χ0) is 14.6. The maximum atomic E-state index is 11.8. The molecule has 110 valence electrons. The van der Waals surface area contributed by atoms with E-state index < -0.39 is 11.9 Å². The highest BCUT2D eigenvalue weighted by Crippen LogP contribution is 2.30. The smallest absolute Gasteiger partial charge is 0.315 e. The largest absolute Gasteiger partial charge is 0.481 e. The zero-order valence-corrected chi connectivity index (χ0v) is 12.3. The molecule has 5 nitrogen and oxygen atoms in total. The maximum absolute atomic E-state index is 11.8. The number of aliphatic carboxylic acids is 1. The number of rotatable bonds is 5. The van der Waals surface area contributed by atoms with Crippen molar-refractivity contribution >= 4 is 12.0 Å². The SMILES string of the molecule is CC(C)C(CNC(=O)NC1CCC(C)C1C)C(=O)O. The first-order valence-electron chi connectivity index (χ1n) is 7.10. The summed E-state index contributed by atoms with van der Waals surface area (Å²) in [7, 11) is 0. The van der Waals surface area contributed by atoms with Crippen molar-refractivity contribution in [3.8, 4) is 0 Å². The van der Waals surface area contributed by atoms with Crippen molar-refractivity contribution in [1.29, 1.82) is 0 Å². The second-order valence-corrected chi connectivity index (χ2v) is 6.06. The highest BCUT2D eigenvalue weighted by Gasteiger charge is 2.31. The number of hydrogen-bond acceptors (Lipinski definition) is 2. The van der Waals surface area contributed by atoms with E-state index in [1.54, 1.807) is 0 Å². The van der Waals surface area contributed by atoms with Crippen LogP contribution < -0.4 is 10.6 Å². The summed E-state index contributed by atoms with van der Waals surface area (Å²) in [5, 5.41) is 14.7. The van der Waals surface area contributed by atoms with Gasteiger partial charge in [0.15, 0.2) is 0 Å². The van der Waals surface area contributed by atoms with Gasteiger partial charge in [0.1, 0.15) is 0 Å². The number of carbonyl (C=O) groups is 2. The van der Waals surface area contributed by atoms with Gasteiger partial charge in [-0.2, -0.15) is 0 Å². The lowest BCUT2D eigenvalue weighted by molar-refractivity contribution is -0.142. The van der Waals surface area contributed by atoms with Crippen LogP contribution in [0.15, 0.2) is 0 Å². The van der Waals surface area contributed by atoms with E-state index in [9.17, 15) is 9.59 Å². The number of urea groups is 1. The lowest BCUT2D eigenvalue weighted by Crippen LogP contribution is -2.46. The molecule has 0 radical (unpaired) electrons. The molecule has 19 heavy (non-hydrogen) atoms. The second kappa shape index (κ2) is 6.78. The van der Waals surface area contributed by atoms with Crippen LogP contribution in [0.3, 0.4) is 0 Å². The Kier molecular flexibility index (Phi) is 5.63. The van der Waals surface area contributed by atoms with E-state index in [2.05, 4.69) is 24.5 Å². The highest BCUT2D eigenvalue weighted by atomic mass is 16.4. The Morgan fingerprint density at radius 2 is 1.89 bits per heavy atom. The maximum Gasteiger partial charge on any atom is 0.315 e. The van der Waals surface area contributed by atoms with E-state index in [0.29, 0.717) is 11.8 Å². The first-order valence-corrected chi connectivity index (χ1v) is 7.10. The summed E-state index contributed by atoms with van der Waals surface area (Å²) in [6.07, 6.45) is 2.14. The van der Waals surface area contributed by atoms with E-state index in [1.165, 1.54) is 0 Å². The van der Waals surface area contributed by atoms with Crippen LogP contribution in [0.1, 0.15) is 40.5 Å². The minimum atomic E-state index is -0.863. The van der Waals surface area contributed by atoms with Crippen molar-refractivity contribution in [2.75, 3.05) is 6.54 Å². The van der Waals surface area contributed by atoms with Crippen molar-refractivity contribution in [3.63, 3.8) is 0 Å². The minimum Gasteiger partial charge on any atom is -0.481 e. The number of nitrogens with one attached hydrogen (secondary N) is 2. The Bertz CT molecular complexity index is 331. The van der Waals surface area contributed by atoms with Gasteiger partial charge in [-0.1, -0.05) is 27.7 Å². The summed E-state index contributed by atoms with van der Waals surface area (Å²) < 4.78 is 0. The number of amides is 2. The van der Waals surface area contributed by atoms with E-state index in [0.717, 1.165) is 12.8 Å². The van der Waals surface area contributed by atoms with Crippen LogP contribution in [0.5, 0.6) is 0 Å². The zero-order valence-electron chi connectivity index (χ0n) is 12.3. The minimum absolute atomic E-state index is 0.00299. The van der Waals surface area contributed by atoms with Crippen LogP contribution in [0.25, 0.3) is 0 Å². The van der Waals surface area contributed by atoms with Gasteiger partial charge in [-0.25, -0.2) is 4.79 Å². The molecule has 3 N–H and O–H groups in total. The van der Waals surface area contributed by atoms with Gasteiger partial charge in [-0.05, 0) is 30.6 Å². The molecular formula is C14H26N2O3. The molecule has 0 aliphatic heterocycles. The summed E-state index contributed by atoms with van der Waals surface area (Å²) in [6, 6.07) is -0.0461. The lowest BCUT2D eigenvalue weighted by atomic mass is 9.96. The van der Waals surface area contributed by atoms with Crippen LogP contribution >= 0.6 is 0 Å². The molecule has 0 saturated heterocycles. The molecule has 4 atom stereocenters. The first kappa shape index (κ1) is 15.8. The second-order valence-electron chi connectivity index (χ2n) is 6.06. The van der Waals surface area contributed by atoms with Crippen molar-refractivity contribution < 1.29 is 14.7 Å². The molecule has 1 fully saturated rings. The monoisotopic (exact) mass is 270 g/mol. The van der Waals surface area contributed by atoms with E-state index in [-0.39, 0.29) is 24.5 Å². The lowest BCUT2D eigenvalue weighted by Gasteiger charge is -2.21. The first-order chi connectivity index (χ1) is 8.82. The molecule has 1 aliphatic carbocycles. The fourth-order valence-electron chi connectivity index (χ4n) is 2.60. The fraction of sp³-hybridized carbons (Fsp3) is 0.857. The third-order valence-electron chi connectivity index (χ3n) is 4.39. The summed E-state index contributed by atoms with van der Waals surface area (Å²) in [4.78, 5) is 22.8. The van der Waals surface area contributed by atoms with Crippen molar-refractivity contribution in [3.05, 3.63) is 0 Å². The van der Waals surface area contributed by atoms with Crippen LogP contribution in [0.4, 0.5) is 4.79 Å². The molecule has 4 unspecified atom stereocenters. The number of carbonyl (C=O) groups excluding carboxylic acids is 1. The van der Waals surface area contributed by atoms with Crippen LogP contribution in [0.2, 0.25) is 0 Å². The van der Waals surface area contributed by atoms with E-state index >= 15 is 0 Å². The molecule has 0 heterocycles. The number of hydrogen-bond donors (Lipinski definition) is 3. The van der Waals surface area contributed by atoms with Crippen molar-refractivity contribution in [2.45, 2.75) is 46.6 Å². The third kappa shape index (κ3) is 4.40. The summed E-state index contributed by atoms with van der Waals surface area (Å²) in [5.74, 6) is -0.286. The van der Waals surface area contributed by atoms with Gasteiger partial charge in [-0.15, -0.1) is 0 Å². The topological polar surface area (TPSA) is 78.4 Å². The summed E-state index contributed by atoms with van der Waals surface area (Å²) in [5.41, 5.74) is 0. The summed E-state index contributed by atoms with van der Waals surface area (Å²) >= 11 is 0. The molecule has 2 amide bonds. The normalized spacial score (nSPS) is 28.2. The molecule has 0 spiro atoms. The Morgan fingerprint density at radius 1 is 1.26 bits per heavy atom. The molecule has 0 aromatic rings. The van der Waals surface area contributed by atoms with Crippen LogP contribution in [-0.4, -0.2) is 29.7 Å². The van der Waals surface area contributed by atoms with Crippen LogP contribution in [0, 0.1) is 23.7 Å². The standard InChI is InChI=1S/C14H26N2O3/c1-8(2)11(13(17)18)7-15-14(19)16-12-6-5-9(3)10(12)4/h8-12H,5-7H2,1-4H3,(H,17,18)(H2,15,16,19). The predicted molar refractivity (Wildman–Crippen MR) is 73.8 cm³/mol. The Hall–Kier alpha value is -1.26. The quantitative estimate of drug-likeness (QED) is 0.715. The molecule has 1 aliphatic rings. The van der Waals surface area contributed by atoms with Gasteiger partial charge in [0.25, 0.3) is 0 Å². The summed E-state index contributed by atoms with van der Waals surface area (Å²) in [6.45, 7) is 8.22. The van der Waals surface area contributed by atoms with Gasteiger partial charge in [0, 0.05) is 12.6 Å².